The maximum absolute atomic E-state index is 12.0. The topological polar surface area (TPSA) is 55.4 Å². The Morgan fingerprint density at radius 1 is 1.31 bits per heavy atom. The molecule has 4 nitrogen and oxygen atoms in total. The maximum Gasteiger partial charge on any atom is 0.193 e. The first-order valence-electron chi connectivity index (χ1n) is 5.10. The van der Waals surface area contributed by atoms with Crippen LogP contribution in [-0.4, -0.2) is 34.1 Å². The highest BCUT2D eigenvalue weighted by Crippen LogP contribution is 2.13. The number of rotatable bonds is 6. The molecule has 1 aromatic rings. The largest absolute Gasteiger partial charge is 0.383 e. The predicted molar refractivity (Wildman–Crippen MR) is 63.0 cm³/mol. The summed E-state index contributed by atoms with van der Waals surface area (Å²) in [7, 11) is -1.70. The molecule has 0 aliphatic rings. The molecule has 0 bridgehead atoms. The third-order valence-electron chi connectivity index (χ3n) is 2.28. The first-order chi connectivity index (χ1) is 7.59. The van der Waals surface area contributed by atoms with Gasteiger partial charge in [-0.25, -0.2) is 8.42 Å². The van der Waals surface area contributed by atoms with E-state index in [1.165, 1.54) is 0 Å². The number of ether oxygens (including phenoxy) is 1. The average Bonchev–Trinajstić information content (AvgIpc) is 2.30. The van der Waals surface area contributed by atoms with Gasteiger partial charge in [0.15, 0.2) is 9.84 Å². The van der Waals surface area contributed by atoms with Gasteiger partial charge in [0.2, 0.25) is 0 Å². The molecule has 1 N–H and O–H groups in total. The van der Waals surface area contributed by atoms with Crippen molar-refractivity contribution in [2.45, 2.75) is 17.2 Å². The zero-order valence-corrected chi connectivity index (χ0v) is 10.3. The molecule has 1 rings (SSSR count). The molecule has 0 aromatic heterocycles. The van der Waals surface area contributed by atoms with Gasteiger partial charge in [-0.3, -0.25) is 5.32 Å². The number of methoxy groups -OCH3 is 1. The minimum Gasteiger partial charge on any atom is -0.383 e. The van der Waals surface area contributed by atoms with E-state index in [0.29, 0.717) is 18.0 Å². The van der Waals surface area contributed by atoms with Crippen molar-refractivity contribution in [1.29, 1.82) is 0 Å². The van der Waals surface area contributed by atoms with Gasteiger partial charge in [-0.1, -0.05) is 18.2 Å². The highest BCUT2D eigenvalue weighted by atomic mass is 32.2. The number of sulfone groups is 1. The Kier molecular flexibility index (Phi) is 4.92. The molecule has 0 heterocycles. The van der Waals surface area contributed by atoms with Gasteiger partial charge in [0.05, 0.1) is 11.5 Å². The van der Waals surface area contributed by atoms with E-state index in [2.05, 4.69) is 5.32 Å². The fourth-order valence-corrected chi connectivity index (χ4v) is 2.57. The molecule has 0 amide bonds. The summed E-state index contributed by atoms with van der Waals surface area (Å²) in [6.07, 6.45) is 0. The zero-order valence-electron chi connectivity index (χ0n) is 9.51. The second-order valence-corrected chi connectivity index (χ2v) is 5.72. The van der Waals surface area contributed by atoms with Crippen LogP contribution in [0.2, 0.25) is 0 Å². The van der Waals surface area contributed by atoms with Gasteiger partial charge in [-0.05, 0) is 19.1 Å². The fourth-order valence-electron chi connectivity index (χ4n) is 1.29. The van der Waals surface area contributed by atoms with Crippen molar-refractivity contribution in [2.75, 3.05) is 20.3 Å². The monoisotopic (exact) mass is 243 g/mol. The van der Waals surface area contributed by atoms with Crippen molar-refractivity contribution in [1.82, 2.24) is 5.32 Å². The Morgan fingerprint density at radius 3 is 2.50 bits per heavy atom. The SMILES string of the molecule is COCCNC(C)S(=O)(=O)c1ccccc1. The van der Waals surface area contributed by atoms with Crippen LogP contribution in [0.1, 0.15) is 6.92 Å². The Labute approximate surface area is 96.5 Å². The van der Waals surface area contributed by atoms with E-state index in [-0.39, 0.29) is 0 Å². The Bertz CT molecular complexity index is 402. The van der Waals surface area contributed by atoms with Gasteiger partial charge in [0.25, 0.3) is 0 Å². The Morgan fingerprint density at radius 2 is 1.94 bits per heavy atom. The average molecular weight is 243 g/mol. The second kappa shape index (κ2) is 5.98. The number of nitrogens with one attached hydrogen (secondary N) is 1. The molecule has 0 aliphatic heterocycles. The van der Waals surface area contributed by atoms with Crippen LogP contribution in [-0.2, 0) is 14.6 Å². The highest BCUT2D eigenvalue weighted by molar-refractivity contribution is 7.92. The highest BCUT2D eigenvalue weighted by Gasteiger charge is 2.21. The second-order valence-electron chi connectivity index (χ2n) is 3.45. The molecular weight excluding hydrogens is 226 g/mol. The van der Waals surface area contributed by atoms with Crippen LogP contribution in [0.4, 0.5) is 0 Å². The lowest BCUT2D eigenvalue weighted by atomic mass is 10.4. The summed E-state index contributed by atoms with van der Waals surface area (Å²) in [5.74, 6) is 0. The van der Waals surface area contributed by atoms with Crippen molar-refractivity contribution < 1.29 is 13.2 Å². The Balaban J connectivity index is 2.71. The van der Waals surface area contributed by atoms with Gasteiger partial charge >= 0.3 is 0 Å². The van der Waals surface area contributed by atoms with Crippen LogP contribution in [0, 0.1) is 0 Å². The lowest BCUT2D eigenvalue weighted by Crippen LogP contribution is -2.36. The molecule has 0 aliphatic carbocycles. The summed E-state index contributed by atoms with van der Waals surface area (Å²) in [4.78, 5) is 0.340. The van der Waals surface area contributed by atoms with E-state index in [0.717, 1.165) is 0 Å². The van der Waals surface area contributed by atoms with Crippen molar-refractivity contribution in [3.8, 4) is 0 Å². The summed E-state index contributed by atoms with van der Waals surface area (Å²) in [5.41, 5.74) is 0. The van der Waals surface area contributed by atoms with E-state index < -0.39 is 15.2 Å². The quantitative estimate of drug-likeness (QED) is 0.759. The normalized spacial score (nSPS) is 13.6. The summed E-state index contributed by atoms with van der Waals surface area (Å²) < 4.78 is 28.9. The lowest BCUT2D eigenvalue weighted by molar-refractivity contribution is 0.199. The smallest absolute Gasteiger partial charge is 0.193 e. The first-order valence-corrected chi connectivity index (χ1v) is 6.65. The molecule has 0 saturated carbocycles. The van der Waals surface area contributed by atoms with Crippen LogP contribution < -0.4 is 5.32 Å². The molecule has 0 radical (unpaired) electrons. The standard InChI is InChI=1S/C11H17NO3S/c1-10(12-8-9-15-2)16(13,14)11-6-4-3-5-7-11/h3-7,10,12H,8-9H2,1-2H3. The van der Waals surface area contributed by atoms with E-state index in [9.17, 15) is 8.42 Å². The van der Waals surface area contributed by atoms with Gasteiger partial charge < -0.3 is 4.74 Å². The minimum atomic E-state index is -3.29. The van der Waals surface area contributed by atoms with Crippen LogP contribution in [0.25, 0.3) is 0 Å². The van der Waals surface area contributed by atoms with Crippen LogP contribution in [0.5, 0.6) is 0 Å². The van der Waals surface area contributed by atoms with Gasteiger partial charge in [-0.15, -0.1) is 0 Å². The first kappa shape index (κ1) is 13.2. The Hall–Kier alpha value is -0.910. The maximum atomic E-state index is 12.0. The van der Waals surface area contributed by atoms with E-state index in [1.807, 2.05) is 0 Å². The van der Waals surface area contributed by atoms with Crippen molar-refractivity contribution >= 4 is 9.84 Å². The van der Waals surface area contributed by atoms with E-state index in [4.69, 9.17) is 4.74 Å². The molecule has 0 saturated heterocycles. The molecule has 0 spiro atoms. The molecular formula is C11H17NO3S. The molecule has 1 aromatic carbocycles. The third-order valence-corrected chi connectivity index (χ3v) is 4.30. The summed E-state index contributed by atoms with van der Waals surface area (Å²) >= 11 is 0. The van der Waals surface area contributed by atoms with E-state index in [1.54, 1.807) is 44.4 Å². The molecule has 16 heavy (non-hydrogen) atoms. The van der Waals surface area contributed by atoms with Crippen LogP contribution >= 0.6 is 0 Å². The van der Waals surface area contributed by atoms with Crippen molar-refractivity contribution in [2.24, 2.45) is 0 Å². The molecule has 90 valence electrons. The summed E-state index contributed by atoms with van der Waals surface area (Å²) in [5, 5.41) is 2.30. The molecule has 1 atom stereocenters. The predicted octanol–water partition coefficient (Wildman–Crippen LogP) is 1.04. The van der Waals surface area contributed by atoms with Crippen LogP contribution in [0.3, 0.4) is 0 Å². The molecule has 1 unspecified atom stereocenters. The number of benzene rings is 1. The fraction of sp³-hybridized carbons (Fsp3) is 0.455. The van der Waals surface area contributed by atoms with Crippen LogP contribution in [0.15, 0.2) is 35.2 Å². The van der Waals surface area contributed by atoms with Gasteiger partial charge in [-0.2, -0.15) is 0 Å². The summed E-state index contributed by atoms with van der Waals surface area (Å²) in [6, 6.07) is 8.43. The third kappa shape index (κ3) is 3.30. The molecule has 0 fully saturated rings. The lowest BCUT2D eigenvalue weighted by Gasteiger charge is -2.14. The minimum absolute atomic E-state index is 0.340. The van der Waals surface area contributed by atoms with Crippen molar-refractivity contribution in [3.05, 3.63) is 30.3 Å². The van der Waals surface area contributed by atoms with Gasteiger partial charge in [0.1, 0.15) is 5.37 Å². The van der Waals surface area contributed by atoms with E-state index >= 15 is 0 Å². The summed E-state index contributed by atoms with van der Waals surface area (Å²) in [6.45, 7) is 2.65. The zero-order chi connectivity index (χ0) is 12.0. The molecule has 5 heteroatoms. The van der Waals surface area contributed by atoms with Crippen molar-refractivity contribution in [3.63, 3.8) is 0 Å². The number of hydrogen-bond donors (Lipinski definition) is 1. The number of hydrogen-bond acceptors (Lipinski definition) is 4. The van der Waals surface area contributed by atoms with Gasteiger partial charge in [0, 0.05) is 13.7 Å².